The molecule has 2 heterocycles. The number of amides is 1. The number of aryl methyl sites for hydroxylation is 1. The van der Waals surface area contributed by atoms with Gasteiger partial charge in [0.05, 0.1) is 11.3 Å². The van der Waals surface area contributed by atoms with Crippen molar-refractivity contribution < 1.29 is 14.7 Å². The number of anilines is 1. The van der Waals surface area contributed by atoms with E-state index < -0.39 is 5.97 Å². The number of aromatic carboxylic acids is 1. The number of carbonyl (C=O) groups is 2. The summed E-state index contributed by atoms with van der Waals surface area (Å²) >= 11 is 2.63. The van der Waals surface area contributed by atoms with Crippen LogP contribution in [0.3, 0.4) is 0 Å². The summed E-state index contributed by atoms with van der Waals surface area (Å²) in [7, 11) is 0. The average molecular weight is 441 g/mol. The summed E-state index contributed by atoms with van der Waals surface area (Å²) in [6.45, 7) is 4.31. The Bertz CT molecular complexity index is 1110. The Balaban J connectivity index is 1.48. The van der Waals surface area contributed by atoms with Gasteiger partial charge in [0.15, 0.2) is 11.0 Å². The monoisotopic (exact) mass is 440 g/mol. The molecule has 3 aromatic rings. The Kier molecular flexibility index (Phi) is 6.01. The van der Waals surface area contributed by atoms with Gasteiger partial charge in [0.25, 0.3) is 0 Å². The molecule has 0 radical (unpaired) electrons. The van der Waals surface area contributed by atoms with Gasteiger partial charge in [-0.2, -0.15) is 0 Å². The summed E-state index contributed by atoms with van der Waals surface area (Å²) < 4.78 is 1.91. The highest BCUT2D eigenvalue weighted by Crippen LogP contribution is 2.39. The smallest absolute Gasteiger partial charge is 0.339 e. The van der Waals surface area contributed by atoms with Crippen LogP contribution >= 0.6 is 23.1 Å². The van der Waals surface area contributed by atoms with E-state index in [1.807, 2.05) is 34.9 Å². The van der Waals surface area contributed by atoms with Gasteiger partial charge >= 0.3 is 5.97 Å². The van der Waals surface area contributed by atoms with Crippen molar-refractivity contribution in [2.24, 2.45) is 0 Å². The number of carbonyl (C=O) groups excluding carboxylic acids is 1. The Morgan fingerprint density at radius 2 is 2.07 bits per heavy atom. The summed E-state index contributed by atoms with van der Waals surface area (Å²) in [6, 6.07) is 9.70. The number of aromatic nitrogens is 3. The summed E-state index contributed by atoms with van der Waals surface area (Å²) in [5, 5.41) is 21.9. The highest BCUT2D eigenvalue weighted by Gasteiger charge is 2.27. The molecule has 1 aliphatic rings. The summed E-state index contributed by atoms with van der Waals surface area (Å²) in [6.07, 6.45) is 4.35. The van der Waals surface area contributed by atoms with Crippen LogP contribution in [0.1, 0.15) is 27.2 Å². The van der Waals surface area contributed by atoms with Gasteiger partial charge in [-0.1, -0.05) is 48.2 Å². The number of rotatable bonds is 8. The maximum Gasteiger partial charge on any atom is 0.339 e. The molecular weight excluding hydrogens is 420 g/mol. The van der Waals surface area contributed by atoms with E-state index in [0.717, 1.165) is 35.3 Å². The van der Waals surface area contributed by atoms with Gasteiger partial charge in [-0.25, -0.2) is 4.79 Å². The lowest BCUT2D eigenvalue weighted by molar-refractivity contribution is -0.113. The number of hydrogen-bond acceptors (Lipinski definition) is 6. The van der Waals surface area contributed by atoms with Crippen molar-refractivity contribution in [2.45, 2.75) is 31.0 Å². The lowest BCUT2D eigenvalue weighted by atomic mass is 10.1. The molecule has 0 atom stereocenters. The van der Waals surface area contributed by atoms with Crippen molar-refractivity contribution in [1.29, 1.82) is 0 Å². The Morgan fingerprint density at radius 1 is 1.27 bits per heavy atom. The zero-order chi connectivity index (χ0) is 21.1. The quantitative estimate of drug-likeness (QED) is 0.404. The number of nitrogens with zero attached hydrogens (tertiary/aromatic N) is 3. The molecule has 0 unspecified atom stereocenters. The third kappa shape index (κ3) is 4.03. The second kappa shape index (κ2) is 8.85. The number of hydrogen-bond donors (Lipinski definition) is 2. The molecule has 1 amide bonds. The van der Waals surface area contributed by atoms with Crippen LogP contribution in [0.2, 0.25) is 0 Å². The zero-order valence-electron chi connectivity index (χ0n) is 16.1. The molecule has 9 heteroatoms. The molecule has 0 fully saturated rings. The minimum Gasteiger partial charge on any atom is -0.478 e. The standard InChI is InChI=1S/C21H20N4O3S2/c1-2-11-25-18(13-7-4-3-5-8-13)23-24-21(25)29-12-16(26)22-19-17(20(27)28)14-9-6-10-15(14)30-19/h2-5,7-8H,1,6,9-12H2,(H,22,26)(H,27,28). The number of allylic oxidation sites excluding steroid dienone is 1. The largest absolute Gasteiger partial charge is 0.478 e. The van der Waals surface area contributed by atoms with Crippen molar-refractivity contribution in [3.05, 3.63) is 59.0 Å². The van der Waals surface area contributed by atoms with Gasteiger partial charge in [-0.15, -0.1) is 28.1 Å². The number of fused-ring (bicyclic) bond motifs is 1. The van der Waals surface area contributed by atoms with Crippen LogP contribution in [0, 0.1) is 0 Å². The molecule has 1 aromatic carbocycles. The van der Waals surface area contributed by atoms with Crippen LogP contribution in [0.15, 0.2) is 48.1 Å². The molecule has 2 aromatic heterocycles. The van der Waals surface area contributed by atoms with Crippen LogP contribution in [-0.2, 0) is 24.2 Å². The topological polar surface area (TPSA) is 97.1 Å². The molecule has 0 aliphatic heterocycles. The van der Waals surface area contributed by atoms with Crippen LogP contribution in [-0.4, -0.2) is 37.5 Å². The van der Waals surface area contributed by atoms with Gasteiger partial charge in [0.2, 0.25) is 5.91 Å². The second-order valence-corrected chi connectivity index (χ2v) is 8.82. The second-order valence-electron chi connectivity index (χ2n) is 6.77. The molecule has 0 spiro atoms. The summed E-state index contributed by atoms with van der Waals surface area (Å²) in [4.78, 5) is 25.3. The van der Waals surface area contributed by atoms with Gasteiger partial charge < -0.3 is 10.4 Å². The molecule has 154 valence electrons. The number of benzene rings is 1. The first kappa shape index (κ1) is 20.4. The van der Waals surface area contributed by atoms with Gasteiger partial charge in [0.1, 0.15) is 5.00 Å². The normalized spacial score (nSPS) is 12.5. The number of thioether (sulfide) groups is 1. The SMILES string of the molecule is C=CCn1c(SCC(=O)Nc2sc3c(c2C(=O)O)CCC3)nnc1-c1ccccc1. The fourth-order valence-electron chi connectivity index (χ4n) is 3.50. The molecule has 2 N–H and O–H groups in total. The van der Waals surface area contributed by atoms with E-state index in [-0.39, 0.29) is 17.2 Å². The molecular formula is C21H20N4O3S2. The van der Waals surface area contributed by atoms with E-state index >= 15 is 0 Å². The van der Waals surface area contributed by atoms with Crippen molar-refractivity contribution in [3.8, 4) is 11.4 Å². The molecule has 0 saturated carbocycles. The fraction of sp³-hybridized carbons (Fsp3) is 0.238. The first-order chi connectivity index (χ1) is 14.6. The minimum absolute atomic E-state index is 0.103. The first-order valence-electron chi connectivity index (χ1n) is 9.48. The number of carboxylic acids is 1. The first-order valence-corrected chi connectivity index (χ1v) is 11.3. The molecule has 4 rings (SSSR count). The average Bonchev–Trinajstić information content (AvgIpc) is 3.42. The van der Waals surface area contributed by atoms with Gasteiger partial charge in [-0.3, -0.25) is 9.36 Å². The summed E-state index contributed by atoms with van der Waals surface area (Å²) in [5.74, 6) is -0.445. The van der Waals surface area contributed by atoms with E-state index in [0.29, 0.717) is 22.5 Å². The number of nitrogens with one attached hydrogen (secondary N) is 1. The van der Waals surface area contributed by atoms with E-state index in [4.69, 9.17) is 0 Å². The van der Waals surface area contributed by atoms with Crippen LogP contribution in [0.4, 0.5) is 5.00 Å². The highest BCUT2D eigenvalue weighted by molar-refractivity contribution is 7.99. The maximum absolute atomic E-state index is 12.5. The van der Waals surface area contributed by atoms with Gasteiger partial charge in [0, 0.05) is 17.0 Å². The zero-order valence-corrected chi connectivity index (χ0v) is 17.8. The predicted molar refractivity (Wildman–Crippen MR) is 118 cm³/mol. The van der Waals surface area contributed by atoms with Crippen LogP contribution in [0.5, 0.6) is 0 Å². The van der Waals surface area contributed by atoms with E-state index in [1.165, 1.54) is 23.1 Å². The van der Waals surface area contributed by atoms with Crippen molar-refractivity contribution in [1.82, 2.24) is 14.8 Å². The Morgan fingerprint density at radius 3 is 2.80 bits per heavy atom. The molecule has 0 bridgehead atoms. The van der Waals surface area contributed by atoms with Crippen molar-refractivity contribution in [3.63, 3.8) is 0 Å². The Hall–Kier alpha value is -2.91. The molecule has 7 nitrogen and oxygen atoms in total. The van der Waals surface area contributed by atoms with Crippen molar-refractivity contribution in [2.75, 3.05) is 11.1 Å². The van der Waals surface area contributed by atoms with Crippen molar-refractivity contribution >= 4 is 40.0 Å². The number of thiophene rings is 1. The Labute approximate surface area is 181 Å². The van der Waals surface area contributed by atoms with E-state index in [1.54, 1.807) is 6.08 Å². The summed E-state index contributed by atoms with van der Waals surface area (Å²) in [5.41, 5.74) is 2.04. The predicted octanol–water partition coefficient (Wildman–Crippen LogP) is 4.11. The maximum atomic E-state index is 12.5. The van der Waals surface area contributed by atoms with Crippen LogP contribution in [0.25, 0.3) is 11.4 Å². The molecule has 0 saturated heterocycles. The van der Waals surface area contributed by atoms with Gasteiger partial charge in [-0.05, 0) is 24.8 Å². The third-order valence-electron chi connectivity index (χ3n) is 4.78. The highest BCUT2D eigenvalue weighted by atomic mass is 32.2. The van der Waals surface area contributed by atoms with E-state index in [2.05, 4.69) is 22.1 Å². The lowest BCUT2D eigenvalue weighted by Gasteiger charge is -2.08. The third-order valence-corrected chi connectivity index (χ3v) is 6.95. The fourth-order valence-corrected chi connectivity index (χ4v) is 5.55. The minimum atomic E-state index is -0.990. The lowest BCUT2D eigenvalue weighted by Crippen LogP contribution is -2.16. The van der Waals surface area contributed by atoms with Crippen LogP contribution < -0.4 is 5.32 Å². The molecule has 30 heavy (non-hydrogen) atoms. The van der Waals surface area contributed by atoms with E-state index in [9.17, 15) is 14.7 Å². The number of carboxylic acid groups (broad SMARTS) is 1. The molecule has 1 aliphatic carbocycles.